The number of anilines is 3. The summed E-state index contributed by atoms with van der Waals surface area (Å²) in [5.41, 5.74) is 21.4. The van der Waals surface area contributed by atoms with Crippen LogP contribution in [-0.2, 0) is 10.8 Å². The van der Waals surface area contributed by atoms with E-state index in [0.29, 0.717) is 0 Å². The molecule has 0 bridgehead atoms. The van der Waals surface area contributed by atoms with Crippen molar-refractivity contribution in [3.63, 3.8) is 0 Å². The van der Waals surface area contributed by atoms with Crippen LogP contribution in [-0.4, -0.2) is 0 Å². The summed E-state index contributed by atoms with van der Waals surface area (Å²) in [6.45, 7) is 9.49. The molecule has 1 nitrogen and oxygen atoms in total. The maximum Gasteiger partial charge on any atom is 0.0540 e. The minimum absolute atomic E-state index is 0.0987. The van der Waals surface area contributed by atoms with E-state index in [2.05, 4.69) is 245 Å². The largest absolute Gasteiger partial charge is 0.310 e. The third kappa shape index (κ3) is 5.56. The smallest absolute Gasteiger partial charge is 0.0540 e. The molecule has 0 N–H and O–H groups in total. The lowest BCUT2D eigenvalue weighted by Gasteiger charge is -2.30. The number of fused-ring (bicyclic) bond motifs is 9. The fourth-order valence-corrected chi connectivity index (χ4v) is 11.3. The zero-order valence-corrected chi connectivity index (χ0v) is 36.2. The molecule has 0 amide bonds. The summed E-state index contributed by atoms with van der Waals surface area (Å²) in [6, 6.07) is 79.1. The van der Waals surface area contributed by atoms with Crippen LogP contribution >= 0.6 is 0 Å². The minimum atomic E-state index is -0.141. The SMILES string of the molecule is CC1(C)c2ccccc2-c2ccc(N(c3ccc(-c4c(-c5ccccc5)c5ccccc5c5ccccc45)cc3)c3ccccc3-c3cccc4c3-c3ccccc3C4(C)C)cc21. The molecule has 0 saturated heterocycles. The Kier molecular flexibility index (Phi) is 8.30. The van der Waals surface area contributed by atoms with Gasteiger partial charge in [-0.15, -0.1) is 0 Å². The molecule has 10 aromatic rings. The Hall–Kier alpha value is -7.48. The van der Waals surface area contributed by atoms with Gasteiger partial charge in [-0.25, -0.2) is 0 Å². The zero-order chi connectivity index (χ0) is 42.5. The number of para-hydroxylation sites is 1. The summed E-state index contributed by atoms with van der Waals surface area (Å²) in [6.07, 6.45) is 0. The fraction of sp³-hybridized carbons (Fsp3) is 0.0968. The Bertz CT molecular complexity index is 3440. The van der Waals surface area contributed by atoms with Crippen LogP contribution in [0.25, 0.3) is 77.2 Å². The Morgan fingerprint density at radius 1 is 0.286 bits per heavy atom. The molecule has 0 fully saturated rings. The topological polar surface area (TPSA) is 3.24 Å². The van der Waals surface area contributed by atoms with Gasteiger partial charge in [0.25, 0.3) is 0 Å². The van der Waals surface area contributed by atoms with Crippen molar-refractivity contribution in [2.24, 2.45) is 0 Å². The first-order valence-corrected chi connectivity index (χ1v) is 22.3. The van der Waals surface area contributed by atoms with Gasteiger partial charge in [-0.3, -0.25) is 0 Å². The van der Waals surface area contributed by atoms with Crippen LogP contribution in [0.2, 0.25) is 0 Å². The second-order valence-corrected chi connectivity index (χ2v) is 18.4. The fourth-order valence-electron chi connectivity index (χ4n) is 11.3. The predicted molar refractivity (Wildman–Crippen MR) is 268 cm³/mol. The highest BCUT2D eigenvalue weighted by Gasteiger charge is 2.38. The Morgan fingerprint density at radius 2 is 0.746 bits per heavy atom. The first-order valence-electron chi connectivity index (χ1n) is 22.3. The van der Waals surface area contributed by atoms with Crippen LogP contribution in [0, 0.1) is 0 Å². The highest BCUT2D eigenvalue weighted by atomic mass is 15.1. The zero-order valence-electron chi connectivity index (χ0n) is 36.2. The van der Waals surface area contributed by atoms with Crippen molar-refractivity contribution in [3.05, 3.63) is 235 Å². The van der Waals surface area contributed by atoms with E-state index in [1.54, 1.807) is 0 Å². The second-order valence-electron chi connectivity index (χ2n) is 18.4. The van der Waals surface area contributed by atoms with E-state index in [1.807, 2.05) is 0 Å². The van der Waals surface area contributed by atoms with E-state index in [1.165, 1.54) is 99.4 Å². The van der Waals surface area contributed by atoms with Gasteiger partial charge in [0.1, 0.15) is 0 Å². The Labute approximate surface area is 370 Å². The van der Waals surface area contributed by atoms with E-state index >= 15 is 0 Å². The summed E-state index contributed by atoms with van der Waals surface area (Å²) in [7, 11) is 0. The van der Waals surface area contributed by atoms with Crippen molar-refractivity contribution in [1.29, 1.82) is 0 Å². The number of benzene rings is 10. The highest BCUT2D eigenvalue weighted by Crippen LogP contribution is 2.55. The molecule has 2 aliphatic rings. The van der Waals surface area contributed by atoms with Crippen LogP contribution in [0.3, 0.4) is 0 Å². The molecule has 0 aliphatic heterocycles. The quantitative estimate of drug-likeness (QED) is 0.151. The predicted octanol–water partition coefficient (Wildman–Crippen LogP) is 17.1. The molecule has 300 valence electrons. The third-order valence-electron chi connectivity index (χ3n) is 14.3. The second kappa shape index (κ2) is 14.0. The highest BCUT2D eigenvalue weighted by molar-refractivity contribution is 6.21. The average molecular weight is 806 g/mol. The summed E-state index contributed by atoms with van der Waals surface area (Å²) in [4.78, 5) is 2.50. The molecule has 0 aromatic heterocycles. The molecule has 1 heteroatoms. The molecule has 0 radical (unpaired) electrons. The van der Waals surface area contributed by atoms with Gasteiger partial charge in [0.15, 0.2) is 0 Å². The van der Waals surface area contributed by atoms with E-state index in [9.17, 15) is 0 Å². The molecular weight excluding hydrogens is 759 g/mol. The van der Waals surface area contributed by atoms with Gasteiger partial charge in [0.05, 0.1) is 5.69 Å². The van der Waals surface area contributed by atoms with Crippen molar-refractivity contribution in [2.45, 2.75) is 38.5 Å². The van der Waals surface area contributed by atoms with Crippen molar-refractivity contribution < 1.29 is 0 Å². The van der Waals surface area contributed by atoms with Gasteiger partial charge in [-0.2, -0.15) is 0 Å². The lowest BCUT2D eigenvalue weighted by molar-refractivity contribution is 0.660. The first-order chi connectivity index (χ1) is 30.8. The van der Waals surface area contributed by atoms with Crippen LogP contribution < -0.4 is 4.90 Å². The standard InChI is InChI=1S/C62H47N/c1-61(2)54-30-16-13-27-52(54)60-51(28-18-31-55(60)61)48-24-14-17-32-57(48)63(43-37-38-47-46-23-12-15-29-53(46)62(3,4)56(47)39-43)42-35-33-41(34-36-42)59-50-26-11-9-22-45(50)44-21-8-10-25-49(44)58(59)40-19-6-5-7-20-40/h5-39H,1-4H3. The Balaban J connectivity index is 1.09. The summed E-state index contributed by atoms with van der Waals surface area (Å²) < 4.78 is 0. The molecule has 63 heavy (non-hydrogen) atoms. The number of nitrogens with zero attached hydrogens (tertiary/aromatic N) is 1. The summed E-state index contributed by atoms with van der Waals surface area (Å²) >= 11 is 0. The van der Waals surface area contributed by atoms with Crippen LogP contribution in [0.4, 0.5) is 17.1 Å². The molecule has 2 aliphatic carbocycles. The van der Waals surface area contributed by atoms with Gasteiger partial charge < -0.3 is 4.90 Å². The minimum Gasteiger partial charge on any atom is -0.310 e. The van der Waals surface area contributed by atoms with Gasteiger partial charge in [-0.1, -0.05) is 210 Å². The van der Waals surface area contributed by atoms with Crippen LogP contribution in [0.5, 0.6) is 0 Å². The lowest BCUT2D eigenvalue weighted by Crippen LogP contribution is -2.17. The molecule has 0 heterocycles. The van der Waals surface area contributed by atoms with Gasteiger partial charge in [-0.05, 0) is 124 Å². The van der Waals surface area contributed by atoms with Gasteiger partial charge in [0.2, 0.25) is 0 Å². The Morgan fingerprint density at radius 3 is 1.43 bits per heavy atom. The normalized spacial score (nSPS) is 14.0. The average Bonchev–Trinajstić information content (AvgIpc) is 3.71. The molecule has 0 unspecified atom stereocenters. The van der Waals surface area contributed by atoms with E-state index in [0.717, 1.165) is 17.1 Å². The number of rotatable bonds is 6. The van der Waals surface area contributed by atoms with Crippen LogP contribution in [0.1, 0.15) is 49.9 Å². The van der Waals surface area contributed by atoms with Gasteiger partial charge >= 0.3 is 0 Å². The molecule has 0 spiro atoms. The summed E-state index contributed by atoms with van der Waals surface area (Å²) in [5, 5.41) is 5.06. The molecule has 0 saturated carbocycles. The van der Waals surface area contributed by atoms with Crippen LogP contribution in [0.15, 0.2) is 212 Å². The monoisotopic (exact) mass is 805 g/mol. The van der Waals surface area contributed by atoms with Crippen molar-refractivity contribution in [1.82, 2.24) is 0 Å². The van der Waals surface area contributed by atoms with E-state index in [-0.39, 0.29) is 10.8 Å². The molecule has 10 aromatic carbocycles. The molecule has 0 atom stereocenters. The van der Waals surface area contributed by atoms with Crippen molar-refractivity contribution >= 4 is 38.6 Å². The lowest BCUT2D eigenvalue weighted by atomic mass is 9.82. The third-order valence-corrected chi connectivity index (χ3v) is 14.3. The molecular formula is C62H47N. The maximum atomic E-state index is 2.50. The van der Waals surface area contributed by atoms with Gasteiger partial charge in [0, 0.05) is 27.8 Å². The van der Waals surface area contributed by atoms with E-state index in [4.69, 9.17) is 0 Å². The maximum absolute atomic E-state index is 2.50. The van der Waals surface area contributed by atoms with E-state index < -0.39 is 0 Å². The van der Waals surface area contributed by atoms with Crippen molar-refractivity contribution in [3.8, 4) is 55.6 Å². The number of hydrogen-bond donors (Lipinski definition) is 0. The first kappa shape index (κ1) is 37.3. The summed E-state index contributed by atoms with van der Waals surface area (Å²) in [5.74, 6) is 0. The molecule has 12 rings (SSSR count). The number of hydrogen-bond acceptors (Lipinski definition) is 1. The van der Waals surface area contributed by atoms with Crippen molar-refractivity contribution in [2.75, 3.05) is 4.90 Å².